The number of carbonyl (C=O) groups is 1. The lowest BCUT2D eigenvalue weighted by atomic mass is 9.96. The summed E-state index contributed by atoms with van der Waals surface area (Å²) >= 11 is 0. The smallest absolute Gasteiger partial charge is 0.335 e. The first-order valence-corrected chi connectivity index (χ1v) is 5.48. The number of aromatic carboxylic acids is 1. The minimum atomic E-state index is -1.13. The average molecular weight is 256 g/mol. The van der Waals surface area contributed by atoms with Gasteiger partial charge in [0.25, 0.3) is 0 Å². The Bertz CT molecular complexity index is 437. The fraction of sp³-hybridized carbons (Fsp3) is 0.462. The lowest BCUT2D eigenvalue weighted by Crippen LogP contribution is -2.34. The number of methoxy groups -OCH3 is 1. The molecule has 1 atom stereocenters. The number of carboxylic acids is 1. The van der Waals surface area contributed by atoms with Crippen molar-refractivity contribution in [3.8, 4) is 5.75 Å². The van der Waals surface area contributed by atoms with Gasteiger partial charge in [0.2, 0.25) is 6.29 Å². The van der Waals surface area contributed by atoms with Gasteiger partial charge in [-0.3, -0.25) is 0 Å². The summed E-state index contributed by atoms with van der Waals surface area (Å²) in [5.41, 5.74) is -0.393. The van der Waals surface area contributed by atoms with Crippen molar-refractivity contribution in [1.82, 2.24) is 0 Å². The Morgan fingerprint density at radius 2 is 2.00 bits per heavy atom. The second-order valence-corrected chi connectivity index (χ2v) is 5.00. The highest BCUT2D eigenvalue weighted by Crippen LogP contribution is 2.27. The Kier molecular flexibility index (Phi) is 4.29. The normalized spacial score (nSPS) is 13.2. The van der Waals surface area contributed by atoms with Gasteiger partial charge in [0.15, 0.2) is 11.6 Å². The van der Waals surface area contributed by atoms with Crippen molar-refractivity contribution in [1.29, 1.82) is 0 Å². The van der Waals surface area contributed by atoms with E-state index >= 15 is 0 Å². The van der Waals surface area contributed by atoms with E-state index in [0.29, 0.717) is 0 Å². The van der Waals surface area contributed by atoms with Crippen molar-refractivity contribution in [2.24, 2.45) is 5.41 Å². The fourth-order valence-corrected chi connectivity index (χ4v) is 1.42. The van der Waals surface area contributed by atoms with Crippen LogP contribution >= 0.6 is 0 Å². The van der Waals surface area contributed by atoms with E-state index in [0.717, 1.165) is 12.1 Å². The molecule has 0 aliphatic carbocycles. The summed E-state index contributed by atoms with van der Waals surface area (Å²) in [6.07, 6.45) is -0.670. The van der Waals surface area contributed by atoms with Crippen LogP contribution in [-0.4, -0.2) is 24.5 Å². The van der Waals surface area contributed by atoms with Crippen LogP contribution in [0.4, 0.5) is 4.39 Å². The van der Waals surface area contributed by atoms with Crippen LogP contribution in [-0.2, 0) is 4.74 Å². The van der Waals surface area contributed by atoms with Crippen LogP contribution in [0.5, 0.6) is 5.75 Å². The highest BCUT2D eigenvalue weighted by atomic mass is 19.1. The molecule has 0 spiro atoms. The summed E-state index contributed by atoms with van der Waals surface area (Å²) in [7, 11) is 1.45. The molecule has 0 aliphatic heterocycles. The lowest BCUT2D eigenvalue weighted by Gasteiger charge is -2.29. The standard InChI is InChI=1S/C13H17FO4/c1-13(2,3)12(17-4)18-10-7-8(11(15)16)5-6-9(10)14/h5-7,12H,1-4H3,(H,15,16). The molecule has 0 saturated carbocycles. The number of ether oxygens (including phenoxy) is 2. The number of benzene rings is 1. The first kappa shape index (κ1) is 14.4. The second-order valence-electron chi connectivity index (χ2n) is 5.00. The summed E-state index contributed by atoms with van der Waals surface area (Å²) in [6, 6.07) is 3.40. The molecule has 0 aromatic heterocycles. The molecule has 18 heavy (non-hydrogen) atoms. The van der Waals surface area contributed by atoms with Crippen LogP contribution in [0.2, 0.25) is 0 Å². The molecule has 1 aromatic rings. The van der Waals surface area contributed by atoms with Crippen LogP contribution in [0.25, 0.3) is 0 Å². The Balaban J connectivity index is 3.02. The van der Waals surface area contributed by atoms with Gasteiger partial charge in [0, 0.05) is 12.5 Å². The van der Waals surface area contributed by atoms with E-state index in [-0.39, 0.29) is 16.7 Å². The van der Waals surface area contributed by atoms with E-state index in [4.69, 9.17) is 14.6 Å². The molecule has 1 rings (SSSR count). The van der Waals surface area contributed by atoms with Gasteiger partial charge >= 0.3 is 5.97 Å². The van der Waals surface area contributed by atoms with Gasteiger partial charge in [-0.2, -0.15) is 0 Å². The lowest BCUT2D eigenvalue weighted by molar-refractivity contribution is -0.122. The minimum Gasteiger partial charge on any atom is -0.478 e. The maximum absolute atomic E-state index is 13.5. The van der Waals surface area contributed by atoms with Crippen molar-refractivity contribution in [3.05, 3.63) is 29.6 Å². The summed E-state index contributed by atoms with van der Waals surface area (Å²) in [5, 5.41) is 8.84. The molecule has 4 nitrogen and oxygen atoms in total. The van der Waals surface area contributed by atoms with E-state index < -0.39 is 18.1 Å². The van der Waals surface area contributed by atoms with Gasteiger partial charge in [0.1, 0.15) is 0 Å². The molecular weight excluding hydrogens is 239 g/mol. The van der Waals surface area contributed by atoms with Gasteiger partial charge in [-0.25, -0.2) is 9.18 Å². The zero-order valence-electron chi connectivity index (χ0n) is 10.9. The molecule has 0 heterocycles. The van der Waals surface area contributed by atoms with E-state index in [1.807, 2.05) is 20.8 Å². The number of rotatable bonds is 4. The van der Waals surface area contributed by atoms with Gasteiger partial charge in [-0.15, -0.1) is 0 Å². The van der Waals surface area contributed by atoms with Gasteiger partial charge in [-0.05, 0) is 18.2 Å². The van der Waals surface area contributed by atoms with Crippen LogP contribution < -0.4 is 4.74 Å². The monoisotopic (exact) mass is 256 g/mol. The molecule has 0 radical (unpaired) electrons. The third-order valence-corrected chi connectivity index (χ3v) is 2.33. The third-order valence-electron chi connectivity index (χ3n) is 2.33. The largest absolute Gasteiger partial charge is 0.478 e. The molecule has 100 valence electrons. The van der Waals surface area contributed by atoms with Crippen molar-refractivity contribution in [2.75, 3.05) is 7.11 Å². The van der Waals surface area contributed by atoms with Crippen molar-refractivity contribution in [2.45, 2.75) is 27.1 Å². The molecule has 0 saturated heterocycles. The number of hydrogen-bond acceptors (Lipinski definition) is 3. The molecule has 5 heteroatoms. The molecule has 0 fully saturated rings. The second kappa shape index (κ2) is 5.35. The minimum absolute atomic E-state index is 0.0323. The quantitative estimate of drug-likeness (QED) is 0.841. The zero-order chi connectivity index (χ0) is 13.9. The van der Waals surface area contributed by atoms with Crippen molar-refractivity contribution >= 4 is 5.97 Å². The highest BCUT2D eigenvalue weighted by Gasteiger charge is 2.27. The van der Waals surface area contributed by atoms with Crippen LogP contribution in [0.3, 0.4) is 0 Å². The molecule has 0 bridgehead atoms. The average Bonchev–Trinajstić information content (AvgIpc) is 2.25. The first-order valence-electron chi connectivity index (χ1n) is 5.48. The van der Waals surface area contributed by atoms with E-state index in [1.54, 1.807) is 0 Å². The topological polar surface area (TPSA) is 55.8 Å². The number of halogens is 1. The molecular formula is C13H17FO4. The first-order chi connectivity index (χ1) is 8.25. The van der Waals surface area contributed by atoms with Gasteiger partial charge in [-0.1, -0.05) is 20.8 Å². The number of hydrogen-bond donors (Lipinski definition) is 1. The highest BCUT2D eigenvalue weighted by molar-refractivity contribution is 5.88. The summed E-state index contributed by atoms with van der Waals surface area (Å²) in [5.74, 6) is -1.88. The van der Waals surface area contributed by atoms with Crippen LogP contribution in [0, 0.1) is 11.2 Å². The predicted octanol–water partition coefficient (Wildman–Crippen LogP) is 2.92. The van der Waals surface area contributed by atoms with Crippen LogP contribution in [0.15, 0.2) is 18.2 Å². The van der Waals surface area contributed by atoms with Crippen molar-refractivity contribution < 1.29 is 23.8 Å². The Labute approximate surface area is 105 Å². The zero-order valence-corrected chi connectivity index (χ0v) is 10.9. The van der Waals surface area contributed by atoms with Gasteiger partial charge < -0.3 is 14.6 Å². The molecule has 0 aliphatic rings. The van der Waals surface area contributed by atoms with Crippen LogP contribution in [0.1, 0.15) is 31.1 Å². The SMILES string of the molecule is COC(Oc1cc(C(=O)O)ccc1F)C(C)(C)C. The molecule has 0 amide bonds. The summed E-state index contributed by atoms with van der Waals surface area (Å²) in [6.45, 7) is 5.63. The molecule has 1 aromatic carbocycles. The summed E-state index contributed by atoms with van der Waals surface area (Å²) < 4.78 is 24.1. The van der Waals surface area contributed by atoms with E-state index in [9.17, 15) is 9.18 Å². The fourth-order valence-electron chi connectivity index (χ4n) is 1.42. The third kappa shape index (κ3) is 3.43. The van der Waals surface area contributed by atoms with Gasteiger partial charge in [0.05, 0.1) is 5.56 Å². The predicted molar refractivity (Wildman–Crippen MR) is 64.2 cm³/mol. The van der Waals surface area contributed by atoms with Crippen molar-refractivity contribution in [3.63, 3.8) is 0 Å². The van der Waals surface area contributed by atoms with E-state index in [1.165, 1.54) is 13.2 Å². The Hall–Kier alpha value is -1.62. The Morgan fingerprint density at radius 3 is 2.44 bits per heavy atom. The number of carboxylic acid groups (broad SMARTS) is 1. The molecule has 1 unspecified atom stereocenters. The summed E-state index contributed by atoms with van der Waals surface area (Å²) in [4.78, 5) is 10.8. The Morgan fingerprint density at radius 1 is 1.39 bits per heavy atom. The molecule has 1 N–H and O–H groups in total. The maximum Gasteiger partial charge on any atom is 0.335 e. The van der Waals surface area contributed by atoms with E-state index in [2.05, 4.69) is 0 Å². The maximum atomic E-state index is 13.5.